The standard InChI is InChI=1S/C20H36/c1-13(2)9-20(16(7)8)19-11-17(14(3)4)10-18(12-19)15(5)6/h11-17,20H,9-10H2,1-8H3. The van der Waals surface area contributed by atoms with Gasteiger partial charge >= 0.3 is 0 Å². The van der Waals surface area contributed by atoms with E-state index in [-0.39, 0.29) is 0 Å². The highest BCUT2D eigenvalue weighted by atomic mass is 14.3. The van der Waals surface area contributed by atoms with Crippen LogP contribution in [0.25, 0.3) is 0 Å². The number of allylic oxidation sites excluding steroid dienone is 4. The molecule has 0 spiro atoms. The fourth-order valence-electron chi connectivity index (χ4n) is 3.26. The van der Waals surface area contributed by atoms with Gasteiger partial charge in [0.15, 0.2) is 0 Å². The molecule has 0 saturated carbocycles. The molecule has 0 heteroatoms. The lowest BCUT2D eigenvalue weighted by Gasteiger charge is -2.32. The second-order valence-electron chi connectivity index (χ2n) is 8.13. The molecule has 0 aromatic carbocycles. The Morgan fingerprint density at radius 1 is 1.00 bits per heavy atom. The average Bonchev–Trinajstić information content (AvgIpc) is 2.34. The summed E-state index contributed by atoms with van der Waals surface area (Å²) in [5.41, 5.74) is 3.29. The fourth-order valence-corrected chi connectivity index (χ4v) is 3.26. The van der Waals surface area contributed by atoms with Gasteiger partial charge in [-0.15, -0.1) is 0 Å². The summed E-state index contributed by atoms with van der Waals surface area (Å²) < 4.78 is 0. The molecule has 0 saturated heterocycles. The minimum absolute atomic E-state index is 0.687. The van der Waals surface area contributed by atoms with Crippen LogP contribution in [-0.2, 0) is 0 Å². The van der Waals surface area contributed by atoms with E-state index in [1.165, 1.54) is 12.8 Å². The summed E-state index contributed by atoms with van der Waals surface area (Å²) in [7, 11) is 0. The summed E-state index contributed by atoms with van der Waals surface area (Å²) in [4.78, 5) is 0. The van der Waals surface area contributed by atoms with E-state index in [9.17, 15) is 0 Å². The van der Waals surface area contributed by atoms with E-state index in [2.05, 4.69) is 67.5 Å². The Hall–Kier alpha value is -0.520. The molecular weight excluding hydrogens is 240 g/mol. The van der Waals surface area contributed by atoms with Gasteiger partial charge in [-0.25, -0.2) is 0 Å². The topological polar surface area (TPSA) is 0 Å². The minimum Gasteiger partial charge on any atom is -0.0773 e. The van der Waals surface area contributed by atoms with Crippen LogP contribution in [0.15, 0.2) is 23.3 Å². The van der Waals surface area contributed by atoms with E-state index >= 15 is 0 Å². The lowest BCUT2D eigenvalue weighted by atomic mass is 9.73. The summed E-state index contributed by atoms with van der Waals surface area (Å²) in [6.07, 6.45) is 7.72. The van der Waals surface area contributed by atoms with Crippen molar-refractivity contribution in [3.05, 3.63) is 23.3 Å². The smallest absolute Gasteiger partial charge is 0.0139 e. The molecule has 2 atom stereocenters. The van der Waals surface area contributed by atoms with Crippen LogP contribution in [0, 0.1) is 35.5 Å². The molecule has 0 bridgehead atoms. The molecular formula is C20H36. The van der Waals surface area contributed by atoms with Gasteiger partial charge < -0.3 is 0 Å². The summed E-state index contributed by atoms with van der Waals surface area (Å²) in [6.45, 7) is 18.9. The largest absolute Gasteiger partial charge is 0.0773 e. The molecule has 0 nitrogen and oxygen atoms in total. The first-order valence-corrected chi connectivity index (χ1v) is 8.64. The maximum Gasteiger partial charge on any atom is -0.0139 e. The predicted octanol–water partition coefficient (Wildman–Crippen LogP) is 6.49. The zero-order valence-electron chi connectivity index (χ0n) is 15.0. The third-order valence-corrected chi connectivity index (χ3v) is 4.79. The van der Waals surface area contributed by atoms with Gasteiger partial charge in [0.1, 0.15) is 0 Å². The van der Waals surface area contributed by atoms with E-state index in [0.717, 1.165) is 29.6 Å². The Morgan fingerprint density at radius 3 is 2.00 bits per heavy atom. The van der Waals surface area contributed by atoms with Crippen molar-refractivity contribution >= 4 is 0 Å². The molecule has 116 valence electrons. The van der Waals surface area contributed by atoms with Crippen molar-refractivity contribution in [3.63, 3.8) is 0 Å². The molecule has 1 aliphatic rings. The first-order valence-electron chi connectivity index (χ1n) is 8.64. The van der Waals surface area contributed by atoms with E-state index in [1.54, 1.807) is 11.1 Å². The number of rotatable bonds is 6. The van der Waals surface area contributed by atoms with Crippen molar-refractivity contribution < 1.29 is 0 Å². The van der Waals surface area contributed by atoms with Gasteiger partial charge in [-0.3, -0.25) is 0 Å². The maximum atomic E-state index is 2.60. The van der Waals surface area contributed by atoms with Crippen molar-refractivity contribution in [3.8, 4) is 0 Å². The van der Waals surface area contributed by atoms with Crippen LogP contribution >= 0.6 is 0 Å². The second kappa shape index (κ2) is 7.48. The summed E-state index contributed by atoms with van der Waals surface area (Å²) >= 11 is 0. The van der Waals surface area contributed by atoms with Gasteiger partial charge in [0, 0.05) is 0 Å². The van der Waals surface area contributed by atoms with Crippen molar-refractivity contribution in [2.45, 2.75) is 68.2 Å². The Kier molecular flexibility index (Phi) is 6.55. The van der Waals surface area contributed by atoms with Gasteiger partial charge in [-0.2, -0.15) is 0 Å². The summed E-state index contributed by atoms with van der Waals surface area (Å²) in [6, 6.07) is 0. The van der Waals surface area contributed by atoms with Crippen molar-refractivity contribution in [2.24, 2.45) is 35.5 Å². The molecule has 1 aliphatic carbocycles. The lowest BCUT2D eigenvalue weighted by Crippen LogP contribution is -2.20. The fraction of sp³-hybridized carbons (Fsp3) is 0.800. The Labute approximate surface area is 127 Å². The molecule has 20 heavy (non-hydrogen) atoms. The molecule has 0 aromatic rings. The Balaban J connectivity index is 3.07. The van der Waals surface area contributed by atoms with Crippen LogP contribution in [0.4, 0.5) is 0 Å². The molecule has 0 N–H and O–H groups in total. The van der Waals surface area contributed by atoms with E-state index < -0.39 is 0 Å². The molecule has 0 radical (unpaired) electrons. The van der Waals surface area contributed by atoms with Crippen molar-refractivity contribution in [2.75, 3.05) is 0 Å². The molecule has 0 amide bonds. The monoisotopic (exact) mass is 276 g/mol. The van der Waals surface area contributed by atoms with Gasteiger partial charge in [0.2, 0.25) is 0 Å². The third kappa shape index (κ3) is 4.79. The van der Waals surface area contributed by atoms with Gasteiger partial charge in [0.05, 0.1) is 0 Å². The lowest BCUT2D eigenvalue weighted by molar-refractivity contribution is 0.356. The molecule has 1 rings (SSSR count). The zero-order chi connectivity index (χ0) is 15.4. The molecule has 2 unspecified atom stereocenters. The molecule has 0 aromatic heterocycles. The highest BCUT2D eigenvalue weighted by Crippen LogP contribution is 2.38. The average molecular weight is 277 g/mol. The second-order valence-corrected chi connectivity index (χ2v) is 8.13. The molecule has 0 fully saturated rings. The highest BCUT2D eigenvalue weighted by Gasteiger charge is 2.25. The SMILES string of the molecule is CC(C)CC(C1=CC(C(C)C)CC(C(C)C)=C1)C(C)C. The zero-order valence-corrected chi connectivity index (χ0v) is 15.0. The van der Waals surface area contributed by atoms with E-state index in [0.29, 0.717) is 5.92 Å². The number of hydrogen-bond acceptors (Lipinski definition) is 0. The van der Waals surface area contributed by atoms with Crippen LogP contribution in [0.5, 0.6) is 0 Å². The van der Waals surface area contributed by atoms with Crippen LogP contribution < -0.4 is 0 Å². The van der Waals surface area contributed by atoms with Crippen LogP contribution in [-0.4, -0.2) is 0 Å². The Bertz CT molecular complexity index is 352. The van der Waals surface area contributed by atoms with Crippen molar-refractivity contribution in [1.82, 2.24) is 0 Å². The first-order chi connectivity index (χ1) is 9.22. The van der Waals surface area contributed by atoms with Gasteiger partial charge in [0.25, 0.3) is 0 Å². The summed E-state index contributed by atoms with van der Waals surface area (Å²) in [5, 5.41) is 0. The van der Waals surface area contributed by atoms with Gasteiger partial charge in [-0.05, 0) is 53.9 Å². The van der Waals surface area contributed by atoms with E-state index in [1.807, 2.05) is 0 Å². The third-order valence-electron chi connectivity index (χ3n) is 4.79. The van der Waals surface area contributed by atoms with E-state index in [4.69, 9.17) is 0 Å². The minimum atomic E-state index is 0.687. The predicted molar refractivity (Wildman–Crippen MR) is 91.7 cm³/mol. The highest BCUT2D eigenvalue weighted by molar-refractivity contribution is 5.33. The first kappa shape index (κ1) is 17.5. The van der Waals surface area contributed by atoms with Gasteiger partial charge in [-0.1, -0.05) is 73.1 Å². The normalized spacial score (nSPS) is 21.7. The Morgan fingerprint density at radius 2 is 1.60 bits per heavy atom. The quantitative estimate of drug-likeness (QED) is 0.520. The maximum absolute atomic E-state index is 2.60. The van der Waals surface area contributed by atoms with Crippen LogP contribution in [0.3, 0.4) is 0 Å². The van der Waals surface area contributed by atoms with Crippen LogP contribution in [0.2, 0.25) is 0 Å². The summed E-state index contributed by atoms with van der Waals surface area (Å²) in [5.74, 6) is 4.41. The van der Waals surface area contributed by atoms with Crippen molar-refractivity contribution in [1.29, 1.82) is 0 Å². The molecule has 0 aliphatic heterocycles. The molecule has 0 heterocycles. The number of hydrogen-bond donors (Lipinski definition) is 0. The van der Waals surface area contributed by atoms with Crippen LogP contribution in [0.1, 0.15) is 68.2 Å².